The number of ether oxygens (including phenoxy) is 2. The van der Waals surface area contributed by atoms with Crippen LogP contribution in [0.25, 0.3) is 11.0 Å². The van der Waals surface area contributed by atoms with Gasteiger partial charge in [-0.25, -0.2) is 14.3 Å². The highest BCUT2D eigenvalue weighted by Crippen LogP contribution is 2.29. The van der Waals surface area contributed by atoms with E-state index < -0.39 is 24.1 Å². The first kappa shape index (κ1) is 31.5. The molecule has 0 aliphatic rings. The zero-order valence-corrected chi connectivity index (χ0v) is 24.2. The second kappa shape index (κ2) is 16.9. The van der Waals surface area contributed by atoms with Gasteiger partial charge in [-0.2, -0.15) is 0 Å². The summed E-state index contributed by atoms with van der Waals surface area (Å²) in [6, 6.07) is 12.0. The summed E-state index contributed by atoms with van der Waals surface area (Å²) in [6.45, 7) is 4.18. The minimum atomic E-state index is -1.06. The van der Waals surface area contributed by atoms with Crippen molar-refractivity contribution in [2.24, 2.45) is 0 Å². The van der Waals surface area contributed by atoms with Crippen LogP contribution in [0, 0.1) is 0 Å². The lowest BCUT2D eigenvalue weighted by Gasteiger charge is -2.17. The number of fused-ring (bicyclic) bond motifs is 1. The molecule has 1 aromatic heterocycles. The van der Waals surface area contributed by atoms with E-state index >= 15 is 0 Å². The van der Waals surface area contributed by atoms with Gasteiger partial charge in [-0.15, -0.1) is 11.0 Å². The van der Waals surface area contributed by atoms with Crippen LogP contribution in [0.2, 0.25) is 5.02 Å². The van der Waals surface area contributed by atoms with Gasteiger partial charge in [-0.1, -0.05) is 93.7 Å². The van der Waals surface area contributed by atoms with Crippen LogP contribution in [0.15, 0.2) is 42.5 Å². The Morgan fingerprint density at radius 3 is 2.35 bits per heavy atom. The van der Waals surface area contributed by atoms with Crippen molar-refractivity contribution in [3.63, 3.8) is 0 Å². The van der Waals surface area contributed by atoms with Crippen LogP contribution >= 0.6 is 11.6 Å². The van der Waals surface area contributed by atoms with Crippen molar-refractivity contribution in [3.8, 4) is 0 Å². The third-order valence-electron chi connectivity index (χ3n) is 6.84. The van der Waals surface area contributed by atoms with Crippen LogP contribution in [0.3, 0.4) is 0 Å². The number of carbonyl (C=O) groups excluding carboxylic acids is 2. The lowest BCUT2D eigenvalue weighted by Crippen LogP contribution is -2.26. The molecule has 0 aliphatic carbocycles. The van der Waals surface area contributed by atoms with E-state index in [1.165, 1.54) is 70.1 Å². The van der Waals surface area contributed by atoms with Gasteiger partial charge >= 0.3 is 11.9 Å². The maximum Gasteiger partial charge on any atom is 0.347 e. The molecule has 2 aromatic carbocycles. The summed E-state index contributed by atoms with van der Waals surface area (Å²) in [5, 5.41) is 8.57. The fraction of sp³-hybridized carbons (Fsp3) is 0.533. The van der Waals surface area contributed by atoms with Gasteiger partial charge in [0.05, 0.1) is 24.2 Å². The summed E-state index contributed by atoms with van der Waals surface area (Å²) < 4.78 is 12.3. The van der Waals surface area contributed by atoms with Gasteiger partial charge in [0.2, 0.25) is 0 Å². The molecule has 217 valence electrons. The van der Waals surface area contributed by atoms with Gasteiger partial charge in [-0.05, 0) is 43.7 Å². The number of rotatable bonds is 18. The van der Waals surface area contributed by atoms with Crippen molar-refractivity contribution >= 4 is 34.6 Å². The van der Waals surface area contributed by atoms with Crippen molar-refractivity contribution in [1.82, 2.24) is 20.9 Å². The summed E-state index contributed by atoms with van der Waals surface area (Å²) in [6.07, 6.45) is 10.0. The Bertz CT molecular complexity index is 1220. The largest absolute Gasteiger partial charge is 0.463 e. The second-order valence-electron chi connectivity index (χ2n) is 10.0. The first-order chi connectivity index (χ1) is 19.4. The zero-order valence-electron chi connectivity index (χ0n) is 23.4. The van der Waals surface area contributed by atoms with Crippen molar-refractivity contribution in [1.29, 1.82) is 0 Å². The fourth-order valence-electron chi connectivity index (χ4n) is 4.48. The molecule has 0 saturated carbocycles. The van der Waals surface area contributed by atoms with E-state index in [0.717, 1.165) is 24.8 Å². The summed E-state index contributed by atoms with van der Waals surface area (Å²) >= 11 is 6.39. The molecule has 3 aromatic rings. The second-order valence-corrected chi connectivity index (χ2v) is 10.4. The Hall–Kier alpha value is -3.01. The molecule has 40 heavy (non-hydrogen) atoms. The van der Waals surface area contributed by atoms with E-state index in [1.54, 1.807) is 4.68 Å². The number of aromatic nitrogens is 3. The van der Waals surface area contributed by atoms with Crippen LogP contribution in [-0.2, 0) is 25.7 Å². The van der Waals surface area contributed by atoms with Crippen molar-refractivity contribution in [2.75, 3.05) is 6.61 Å². The summed E-state index contributed by atoms with van der Waals surface area (Å²) in [4.78, 5) is 30.1. The molecular weight excluding hydrogens is 532 g/mol. The number of benzene rings is 2. The molecule has 0 spiro atoms. The lowest BCUT2D eigenvalue weighted by molar-refractivity contribution is -0.153. The highest BCUT2D eigenvalue weighted by atomic mass is 35.5. The molecule has 2 atom stereocenters. The Morgan fingerprint density at radius 2 is 1.65 bits per heavy atom. The molecule has 9 nitrogen and oxygen atoms in total. The maximum absolute atomic E-state index is 12.8. The summed E-state index contributed by atoms with van der Waals surface area (Å²) in [7, 11) is 0. The minimum Gasteiger partial charge on any atom is -0.463 e. The highest BCUT2D eigenvalue weighted by molar-refractivity contribution is 6.31. The van der Waals surface area contributed by atoms with E-state index in [-0.39, 0.29) is 12.1 Å². The van der Waals surface area contributed by atoms with Gasteiger partial charge in [0.25, 0.3) is 0 Å². The van der Waals surface area contributed by atoms with Crippen LogP contribution < -0.4 is 5.90 Å². The molecule has 10 heteroatoms. The molecule has 2 unspecified atom stereocenters. The standard InChI is InChI=1S/C30H40ClN4O5/c1-3-4-5-6-7-8-9-10-11-14-19-38-29(36)22(2)39-30(37)23-17-18-25(31)24(20-23)28(40-32)21-35-27-16-13-12-15-26(27)33-34-35/h12-13,15-18,20,22,28,32H,3-11,14,19,21H2,1-2H3. The predicted octanol–water partition coefficient (Wildman–Crippen LogP) is 7.05. The maximum atomic E-state index is 12.8. The first-order valence-corrected chi connectivity index (χ1v) is 14.6. The third kappa shape index (κ3) is 9.57. The SMILES string of the molecule is CCCCCCCCCCCCOC(=O)C(C)OC(=O)c1ccc(Cl)c(C(Cn2nnc3ccccc32)O[NH])c1. The number of unbranched alkanes of at least 4 members (excludes halogenated alkanes) is 9. The molecule has 1 N–H and O–H groups in total. The molecule has 1 radical (unpaired) electrons. The zero-order chi connectivity index (χ0) is 28.7. The molecule has 0 fully saturated rings. The highest BCUT2D eigenvalue weighted by Gasteiger charge is 2.23. The Labute approximate surface area is 241 Å². The Kier molecular flexibility index (Phi) is 13.4. The molecular formula is C30H40ClN4O5. The van der Waals surface area contributed by atoms with E-state index in [9.17, 15) is 9.59 Å². The van der Waals surface area contributed by atoms with Gasteiger partial charge in [0, 0.05) is 10.6 Å². The van der Waals surface area contributed by atoms with Crippen molar-refractivity contribution in [2.45, 2.75) is 96.8 Å². The van der Waals surface area contributed by atoms with Crippen LogP contribution in [0.1, 0.15) is 100 Å². The number of para-hydroxylation sites is 1. The normalized spacial score (nSPS) is 12.8. The molecule has 1 heterocycles. The molecule has 0 bridgehead atoms. The summed E-state index contributed by atoms with van der Waals surface area (Å²) in [5.74, 6) is 6.33. The molecule has 0 saturated heterocycles. The number of halogens is 1. The van der Waals surface area contributed by atoms with Gasteiger partial charge in [-0.3, -0.25) is 4.84 Å². The minimum absolute atomic E-state index is 0.157. The average molecular weight is 572 g/mol. The summed E-state index contributed by atoms with van der Waals surface area (Å²) in [5.41, 5.74) is 2.09. The number of hydrogen-bond donors (Lipinski definition) is 0. The first-order valence-electron chi connectivity index (χ1n) is 14.2. The van der Waals surface area contributed by atoms with Gasteiger partial charge in [0.15, 0.2) is 6.10 Å². The number of nitrogens with zero attached hydrogens (tertiary/aromatic N) is 3. The van der Waals surface area contributed by atoms with Gasteiger partial charge in [0.1, 0.15) is 11.6 Å². The third-order valence-corrected chi connectivity index (χ3v) is 7.18. The molecule has 0 amide bonds. The predicted molar refractivity (Wildman–Crippen MR) is 154 cm³/mol. The average Bonchev–Trinajstić information content (AvgIpc) is 3.37. The lowest BCUT2D eigenvalue weighted by atomic mass is 10.1. The monoisotopic (exact) mass is 571 g/mol. The van der Waals surface area contributed by atoms with E-state index in [4.69, 9.17) is 31.8 Å². The van der Waals surface area contributed by atoms with Gasteiger partial charge < -0.3 is 9.47 Å². The van der Waals surface area contributed by atoms with Crippen molar-refractivity contribution in [3.05, 3.63) is 58.6 Å². The molecule has 3 rings (SSSR count). The topological polar surface area (TPSA) is 116 Å². The number of esters is 2. The number of hydrogen-bond acceptors (Lipinski definition) is 7. The Balaban J connectivity index is 1.45. The fourth-order valence-corrected chi connectivity index (χ4v) is 4.72. The number of nitrogens with one attached hydrogen (secondary N) is 1. The van der Waals surface area contributed by atoms with Crippen LogP contribution in [0.4, 0.5) is 0 Å². The van der Waals surface area contributed by atoms with E-state index in [1.807, 2.05) is 24.3 Å². The van der Waals surface area contributed by atoms with Crippen LogP contribution in [0.5, 0.6) is 0 Å². The van der Waals surface area contributed by atoms with E-state index in [2.05, 4.69) is 17.2 Å². The quantitative estimate of drug-likeness (QED) is 0.0911. The Morgan fingerprint density at radius 1 is 0.975 bits per heavy atom. The molecule has 0 aliphatic heterocycles. The number of carbonyl (C=O) groups is 2. The van der Waals surface area contributed by atoms with Crippen molar-refractivity contribution < 1.29 is 23.9 Å². The van der Waals surface area contributed by atoms with Crippen LogP contribution in [-0.4, -0.2) is 39.6 Å². The smallest absolute Gasteiger partial charge is 0.347 e. The van der Waals surface area contributed by atoms with E-state index in [0.29, 0.717) is 22.7 Å².